The molecule has 0 atom stereocenters. The van der Waals surface area contributed by atoms with Gasteiger partial charge in [-0.15, -0.1) is 0 Å². The second kappa shape index (κ2) is 5.61. The van der Waals surface area contributed by atoms with Crippen LogP contribution in [-0.4, -0.2) is 37.5 Å². The Hall–Kier alpha value is -0.920. The summed E-state index contributed by atoms with van der Waals surface area (Å²) in [6, 6.07) is 0. The van der Waals surface area contributed by atoms with Gasteiger partial charge in [0.15, 0.2) is 5.76 Å². The molecule has 0 bridgehead atoms. The molecule has 6 nitrogen and oxygen atoms in total. The second-order valence-electron chi connectivity index (χ2n) is 3.79. The Morgan fingerprint density at radius 3 is 2.47 bits per heavy atom. The molecule has 98 valence electrons. The van der Waals surface area contributed by atoms with Gasteiger partial charge < -0.3 is 10.3 Å². The van der Waals surface area contributed by atoms with Crippen LogP contribution in [0.15, 0.2) is 9.42 Å². The number of hydrogen-bond acceptors (Lipinski definition) is 5. The van der Waals surface area contributed by atoms with Crippen LogP contribution in [0, 0.1) is 13.8 Å². The van der Waals surface area contributed by atoms with Crippen molar-refractivity contribution < 1.29 is 12.9 Å². The lowest BCUT2D eigenvalue weighted by Crippen LogP contribution is -2.33. The molecule has 0 aliphatic rings. The maximum Gasteiger partial charge on any atom is 0.248 e. The largest absolute Gasteiger partial charge is 0.360 e. The zero-order valence-corrected chi connectivity index (χ0v) is 11.2. The van der Waals surface area contributed by atoms with Crippen molar-refractivity contribution in [3.63, 3.8) is 0 Å². The van der Waals surface area contributed by atoms with Crippen LogP contribution in [-0.2, 0) is 10.0 Å². The molecule has 0 amide bonds. The Bertz CT molecular complexity index is 448. The average molecular weight is 261 g/mol. The van der Waals surface area contributed by atoms with Crippen molar-refractivity contribution in [1.29, 1.82) is 0 Å². The van der Waals surface area contributed by atoms with Gasteiger partial charge in [0.05, 0.1) is 0 Å². The van der Waals surface area contributed by atoms with Crippen LogP contribution < -0.4 is 5.73 Å². The number of rotatable bonds is 6. The van der Waals surface area contributed by atoms with Crippen molar-refractivity contribution in [2.45, 2.75) is 32.1 Å². The fraction of sp³-hybridized carbons (Fsp3) is 0.700. The van der Waals surface area contributed by atoms with E-state index in [9.17, 15) is 8.42 Å². The third-order valence-corrected chi connectivity index (χ3v) is 4.75. The van der Waals surface area contributed by atoms with Gasteiger partial charge in [-0.2, -0.15) is 4.31 Å². The minimum absolute atomic E-state index is 0.177. The normalized spacial score (nSPS) is 12.3. The van der Waals surface area contributed by atoms with Crippen LogP contribution in [0.25, 0.3) is 0 Å². The molecular formula is C10H19N3O3S. The van der Waals surface area contributed by atoms with E-state index in [2.05, 4.69) is 5.16 Å². The summed E-state index contributed by atoms with van der Waals surface area (Å²) in [5, 5.41) is 3.67. The van der Waals surface area contributed by atoms with Crippen molar-refractivity contribution in [3.8, 4) is 0 Å². The lowest BCUT2D eigenvalue weighted by molar-refractivity contribution is 0.388. The van der Waals surface area contributed by atoms with Gasteiger partial charge >= 0.3 is 0 Å². The summed E-state index contributed by atoms with van der Waals surface area (Å²) < 4.78 is 31.0. The summed E-state index contributed by atoms with van der Waals surface area (Å²) in [4.78, 5) is 0.177. The third-order valence-electron chi connectivity index (χ3n) is 2.53. The number of aryl methyl sites for hydroxylation is 2. The Kier molecular flexibility index (Phi) is 4.67. The first kappa shape index (κ1) is 14.1. The molecule has 0 saturated carbocycles. The number of sulfonamides is 1. The van der Waals surface area contributed by atoms with E-state index in [1.807, 2.05) is 0 Å². The topological polar surface area (TPSA) is 89.4 Å². The molecule has 0 spiro atoms. The lowest BCUT2D eigenvalue weighted by Gasteiger charge is -2.19. The highest BCUT2D eigenvalue weighted by Crippen LogP contribution is 2.23. The molecule has 0 aliphatic heterocycles. The zero-order valence-electron chi connectivity index (χ0n) is 10.4. The van der Waals surface area contributed by atoms with E-state index >= 15 is 0 Å². The van der Waals surface area contributed by atoms with E-state index in [1.165, 1.54) is 4.31 Å². The maximum absolute atomic E-state index is 12.4. The molecule has 1 heterocycles. The van der Waals surface area contributed by atoms with Crippen LogP contribution in [0.1, 0.15) is 24.8 Å². The predicted octanol–water partition coefficient (Wildman–Crippen LogP) is 0.651. The molecular weight excluding hydrogens is 242 g/mol. The second-order valence-corrected chi connectivity index (χ2v) is 5.67. The Balaban J connectivity index is 3.09. The van der Waals surface area contributed by atoms with Crippen molar-refractivity contribution >= 4 is 10.0 Å². The van der Waals surface area contributed by atoms with Gasteiger partial charge in [0.1, 0.15) is 10.6 Å². The first-order valence-electron chi connectivity index (χ1n) is 5.58. The quantitative estimate of drug-likeness (QED) is 0.812. The smallest absolute Gasteiger partial charge is 0.248 e. The zero-order chi connectivity index (χ0) is 13.1. The van der Waals surface area contributed by atoms with E-state index in [0.717, 1.165) is 0 Å². The minimum Gasteiger partial charge on any atom is -0.360 e. The Labute approximate surface area is 102 Å². The van der Waals surface area contributed by atoms with Gasteiger partial charge in [-0.3, -0.25) is 0 Å². The highest BCUT2D eigenvalue weighted by Gasteiger charge is 2.29. The van der Waals surface area contributed by atoms with E-state index in [1.54, 1.807) is 20.8 Å². The van der Waals surface area contributed by atoms with Gasteiger partial charge in [0.25, 0.3) is 0 Å². The van der Waals surface area contributed by atoms with Crippen LogP contribution >= 0.6 is 0 Å². The Morgan fingerprint density at radius 2 is 2.06 bits per heavy atom. The molecule has 0 unspecified atom stereocenters. The van der Waals surface area contributed by atoms with E-state index in [4.69, 9.17) is 10.3 Å². The predicted molar refractivity (Wildman–Crippen MR) is 64.1 cm³/mol. The number of hydrogen-bond donors (Lipinski definition) is 1. The molecule has 1 aromatic heterocycles. The van der Waals surface area contributed by atoms with E-state index < -0.39 is 10.0 Å². The Morgan fingerprint density at radius 1 is 1.41 bits per heavy atom. The highest BCUT2D eigenvalue weighted by atomic mass is 32.2. The summed E-state index contributed by atoms with van der Waals surface area (Å²) in [7, 11) is -3.52. The summed E-state index contributed by atoms with van der Waals surface area (Å²) in [5.41, 5.74) is 5.80. The first-order chi connectivity index (χ1) is 7.95. The molecule has 0 radical (unpaired) electrons. The number of nitrogens with two attached hydrogens (primary N) is 1. The van der Waals surface area contributed by atoms with Gasteiger partial charge in [-0.25, -0.2) is 8.42 Å². The number of aromatic nitrogens is 1. The van der Waals surface area contributed by atoms with Gasteiger partial charge in [-0.1, -0.05) is 12.1 Å². The van der Waals surface area contributed by atoms with E-state index in [-0.39, 0.29) is 4.90 Å². The third kappa shape index (κ3) is 2.85. The van der Waals surface area contributed by atoms with Gasteiger partial charge in [-0.05, 0) is 26.8 Å². The monoisotopic (exact) mass is 261 g/mol. The molecule has 0 saturated heterocycles. The van der Waals surface area contributed by atoms with Gasteiger partial charge in [0.2, 0.25) is 10.0 Å². The first-order valence-corrected chi connectivity index (χ1v) is 7.02. The molecule has 0 aromatic carbocycles. The summed E-state index contributed by atoms with van der Waals surface area (Å²) in [6.07, 6.45) is 0.635. The molecule has 0 fully saturated rings. The molecule has 1 aromatic rings. The fourth-order valence-corrected chi connectivity index (χ4v) is 3.47. The average Bonchev–Trinajstić information content (AvgIpc) is 2.59. The van der Waals surface area contributed by atoms with Crippen molar-refractivity contribution in [2.24, 2.45) is 5.73 Å². The van der Waals surface area contributed by atoms with Crippen LogP contribution in [0.2, 0.25) is 0 Å². The van der Waals surface area contributed by atoms with E-state index in [0.29, 0.717) is 37.5 Å². The van der Waals surface area contributed by atoms with Crippen molar-refractivity contribution in [2.75, 3.05) is 19.6 Å². The summed E-state index contributed by atoms with van der Waals surface area (Å²) in [5.74, 6) is 0.327. The van der Waals surface area contributed by atoms with Crippen molar-refractivity contribution in [3.05, 3.63) is 11.5 Å². The molecule has 0 aliphatic carbocycles. The highest BCUT2D eigenvalue weighted by molar-refractivity contribution is 7.89. The fourth-order valence-electron chi connectivity index (χ4n) is 1.69. The SMILES string of the molecule is CCN(CCCN)S(=O)(=O)c1c(C)noc1C. The number of nitrogens with zero attached hydrogens (tertiary/aromatic N) is 2. The molecule has 1 rings (SSSR count). The van der Waals surface area contributed by atoms with Crippen LogP contribution in [0.4, 0.5) is 0 Å². The minimum atomic E-state index is -3.52. The van der Waals surface area contributed by atoms with Crippen LogP contribution in [0.3, 0.4) is 0 Å². The summed E-state index contributed by atoms with van der Waals surface area (Å²) >= 11 is 0. The lowest BCUT2D eigenvalue weighted by atomic mass is 10.4. The maximum atomic E-state index is 12.4. The standard InChI is InChI=1S/C10H19N3O3S/c1-4-13(7-5-6-11)17(14,15)10-8(2)12-16-9(10)3/h4-7,11H2,1-3H3. The van der Waals surface area contributed by atoms with Crippen LogP contribution in [0.5, 0.6) is 0 Å². The van der Waals surface area contributed by atoms with Gasteiger partial charge in [0, 0.05) is 13.1 Å². The molecule has 17 heavy (non-hydrogen) atoms. The van der Waals surface area contributed by atoms with Crippen molar-refractivity contribution in [1.82, 2.24) is 9.46 Å². The summed E-state index contributed by atoms with van der Waals surface area (Å²) in [6.45, 7) is 6.31. The molecule has 7 heteroatoms. The molecule has 2 N–H and O–H groups in total.